The molecule has 1 saturated heterocycles. The van der Waals surface area contributed by atoms with E-state index in [1.54, 1.807) is 6.92 Å². The van der Waals surface area contributed by atoms with E-state index in [9.17, 15) is 9.90 Å². The van der Waals surface area contributed by atoms with Gasteiger partial charge in [-0.3, -0.25) is 4.79 Å². The molecule has 2 atom stereocenters. The van der Waals surface area contributed by atoms with Gasteiger partial charge in [-0.15, -0.1) is 12.6 Å². The maximum atomic E-state index is 12.4. The van der Waals surface area contributed by atoms with Gasteiger partial charge in [0.1, 0.15) is 0 Å². The number of benzene rings is 1. The van der Waals surface area contributed by atoms with Crippen LogP contribution in [0.3, 0.4) is 0 Å². The van der Waals surface area contributed by atoms with Crippen molar-refractivity contribution in [3.8, 4) is 0 Å². The third-order valence-electron chi connectivity index (χ3n) is 3.65. The predicted molar refractivity (Wildman–Crippen MR) is 74.1 cm³/mol. The summed E-state index contributed by atoms with van der Waals surface area (Å²) in [6.07, 6.45) is 0.531. The van der Waals surface area contributed by atoms with Gasteiger partial charge in [0.15, 0.2) is 0 Å². The smallest absolute Gasteiger partial charge is 0.254 e. The first kappa shape index (κ1) is 13.4. The molecule has 0 aliphatic carbocycles. The van der Waals surface area contributed by atoms with Gasteiger partial charge in [0.05, 0.1) is 6.10 Å². The number of nitrogens with zero attached hydrogens (tertiary/aromatic N) is 1. The van der Waals surface area contributed by atoms with Crippen molar-refractivity contribution >= 4 is 18.5 Å². The molecule has 1 fully saturated rings. The number of aryl methyl sites for hydroxylation is 1. The summed E-state index contributed by atoms with van der Waals surface area (Å²) in [7, 11) is 0. The second kappa shape index (κ2) is 5.33. The molecule has 2 rings (SSSR count). The summed E-state index contributed by atoms with van der Waals surface area (Å²) < 4.78 is 0. The minimum Gasteiger partial charge on any atom is -0.393 e. The van der Waals surface area contributed by atoms with E-state index in [1.165, 1.54) is 0 Å². The van der Waals surface area contributed by atoms with Crippen LogP contribution in [-0.4, -0.2) is 35.1 Å². The molecule has 1 amide bonds. The first-order valence-corrected chi connectivity index (χ1v) is 6.70. The minimum absolute atomic E-state index is 0.0477. The van der Waals surface area contributed by atoms with E-state index in [-0.39, 0.29) is 17.9 Å². The van der Waals surface area contributed by atoms with Gasteiger partial charge >= 0.3 is 0 Å². The topological polar surface area (TPSA) is 40.5 Å². The van der Waals surface area contributed by atoms with E-state index >= 15 is 0 Å². The molecule has 0 spiro atoms. The Bertz CT molecular complexity index is 459. The summed E-state index contributed by atoms with van der Waals surface area (Å²) in [6, 6.07) is 5.62. The van der Waals surface area contributed by atoms with Crippen LogP contribution in [-0.2, 0) is 0 Å². The molecule has 4 heteroatoms. The van der Waals surface area contributed by atoms with Crippen LogP contribution in [0.2, 0.25) is 0 Å². The van der Waals surface area contributed by atoms with Crippen molar-refractivity contribution in [3.05, 3.63) is 29.3 Å². The summed E-state index contributed by atoms with van der Waals surface area (Å²) in [5.74, 6) is 0.250. The van der Waals surface area contributed by atoms with Crippen LogP contribution < -0.4 is 0 Å². The average Bonchev–Trinajstić information content (AvgIpc) is 2.81. The number of carbonyl (C=O) groups is 1. The molecule has 0 bridgehead atoms. The van der Waals surface area contributed by atoms with Gasteiger partial charge in [0.25, 0.3) is 5.91 Å². The Balaban J connectivity index is 2.15. The van der Waals surface area contributed by atoms with Gasteiger partial charge in [-0.2, -0.15) is 0 Å². The Morgan fingerprint density at radius 2 is 2.28 bits per heavy atom. The lowest BCUT2D eigenvalue weighted by Crippen LogP contribution is -2.30. The van der Waals surface area contributed by atoms with Crippen molar-refractivity contribution in [1.29, 1.82) is 0 Å². The molecular weight excluding hydrogens is 246 g/mol. The number of thiol groups is 1. The standard InChI is InChI=1S/C14H19NO2S/c1-9-3-4-12(18)7-13(9)14(17)15-6-5-11(8-15)10(2)16/h3-4,7,10-11,16,18H,5-6,8H2,1-2H3. The molecule has 0 aromatic heterocycles. The fourth-order valence-electron chi connectivity index (χ4n) is 2.38. The lowest BCUT2D eigenvalue weighted by Gasteiger charge is -2.19. The lowest BCUT2D eigenvalue weighted by molar-refractivity contribution is 0.0761. The number of hydrogen-bond donors (Lipinski definition) is 2. The molecule has 1 N–H and O–H groups in total. The second-order valence-corrected chi connectivity index (χ2v) is 5.56. The number of aliphatic hydroxyl groups excluding tert-OH is 1. The Labute approximate surface area is 113 Å². The van der Waals surface area contributed by atoms with E-state index in [0.717, 1.165) is 23.4 Å². The number of aliphatic hydroxyl groups is 1. The SMILES string of the molecule is Cc1ccc(S)cc1C(=O)N1CCC(C(C)O)C1. The molecule has 0 saturated carbocycles. The van der Waals surface area contributed by atoms with Gasteiger partial charge in [-0.05, 0) is 38.0 Å². The highest BCUT2D eigenvalue weighted by atomic mass is 32.1. The van der Waals surface area contributed by atoms with Crippen molar-refractivity contribution < 1.29 is 9.90 Å². The van der Waals surface area contributed by atoms with Crippen molar-refractivity contribution in [2.24, 2.45) is 5.92 Å². The summed E-state index contributed by atoms with van der Waals surface area (Å²) in [4.78, 5) is 15.0. The van der Waals surface area contributed by atoms with E-state index < -0.39 is 0 Å². The minimum atomic E-state index is -0.347. The maximum Gasteiger partial charge on any atom is 0.254 e. The lowest BCUT2D eigenvalue weighted by atomic mass is 10.0. The second-order valence-electron chi connectivity index (χ2n) is 5.04. The zero-order valence-corrected chi connectivity index (χ0v) is 11.7. The summed E-state index contributed by atoms with van der Waals surface area (Å²) in [5, 5.41) is 9.57. The highest BCUT2D eigenvalue weighted by Gasteiger charge is 2.30. The van der Waals surface area contributed by atoms with Crippen molar-refractivity contribution in [1.82, 2.24) is 4.90 Å². The highest BCUT2D eigenvalue weighted by molar-refractivity contribution is 7.80. The number of carbonyl (C=O) groups excluding carboxylic acids is 1. The van der Waals surface area contributed by atoms with Crippen LogP contribution in [0.4, 0.5) is 0 Å². The van der Waals surface area contributed by atoms with Crippen LogP contribution >= 0.6 is 12.6 Å². The van der Waals surface area contributed by atoms with E-state index in [0.29, 0.717) is 12.1 Å². The maximum absolute atomic E-state index is 12.4. The van der Waals surface area contributed by atoms with Gasteiger partial charge in [0.2, 0.25) is 0 Å². The van der Waals surface area contributed by atoms with Crippen LogP contribution in [0.25, 0.3) is 0 Å². The van der Waals surface area contributed by atoms with E-state index in [1.807, 2.05) is 30.0 Å². The summed E-state index contributed by atoms with van der Waals surface area (Å²) >= 11 is 4.28. The summed E-state index contributed by atoms with van der Waals surface area (Å²) in [5.41, 5.74) is 1.69. The van der Waals surface area contributed by atoms with Crippen molar-refractivity contribution in [2.75, 3.05) is 13.1 Å². The fraction of sp³-hybridized carbons (Fsp3) is 0.500. The van der Waals surface area contributed by atoms with Crippen LogP contribution in [0.1, 0.15) is 29.3 Å². The molecule has 18 heavy (non-hydrogen) atoms. The first-order valence-electron chi connectivity index (χ1n) is 6.26. The zero-order valence-electron chi connectivity index (χ0n) is 10.8. The van der Waals surface area contributed by atoms with Gasteiger partial charge < -0.3 is 10.0 Å². The number of amides is 1. The average molecular weight is 265 g/mol. The van der Waals surface area contributed by atoms with Crippen molar-refractivity contribution in [3.63, 3.8) is 0 Å². The fourth-order valence-corrected chi connectivity index (χ4v) is 2.58. The molecule has 98 valence electrons. The van der Waals surface area contributed by atoms with Crippen molar-refractivity contribution in [2.45, 2.75) is 31.3 Å². The molecule has 1 aromatic rings. The predicted octanol–water partition coefficient (Wildman–Crippen LogP) is 2.13. The Kier molecular flexibility index (Phi) is 3.97. The van der Waals surface area contributed by atoms with Gasteiger partial charge in [-0.1, -0.05) is 6.07 Å². The van der Waals surface area contributed by atoms with Crippen LogP contribution in [0.15, 0.2) is 23.1 Å². The molecule has 2 unspecified atom stereocenters. The molecule has 1 heterocycles. The van der Waals surface area contributed by atoms with Gasteiger partial charge in [-0.25, -0.2) is 0 Å². The normalized spacial score (nSPS) is 21.1. The summed E-state index contributed by atoms with van der Waals surface area (Å²) in [6.45, 7) is 5.10. The molecule has 1 aromatic carbocycles. The van der Waals surface area contributed by atoms with E-state index in [2.05, 4.69) is 12.6 Å². The highest BCUT2D eigenvalue weighted by Crippen LogP contribution is 2.23. The Morgan fingerprint density at radius 1 is 1.56 bits per heavy atom. The first-order chi connectivity index (χ1) is 8.49. The quantitative estimate of drug-likeness (QED) is 0.804. The number of hydrogen-bond acceptors (Lipinski definition) is 3. The molecule has 1 aliphatic rings. The van der Waals surface area contributed by atoms with E-state index in [4.69, 9.17) is 0 Å². The number of rotatable bonds is 2. The third kappa shape index (κ3) is 2.70. The third-order valence-corrected chi connectivity index (χ3v) is 3.92. The zero-order chi connectivity index (χ0) is 13.3. The Hall–Kier alpha value is -1.00. The largest absolute Gasteiger partial charge is 0.393 e. The monoisotopic (exact) mass is 265 g/mol. The van der Waals surface area contributed by atoms with Crippen LogP contribution in [0.5, 0.6) is 0 Å². The van der Waals surface area contributed by atoms with Gasteiger partial charge in [0, 0.05) is 29.5 Å². The molecular formula is C14H19NO2S. The molecule has 0 radical (unpaired) electrons. The molecule has 3 nitrogen and oxygen atoms in total. The molecule has 1 aliphatic heterocycles. The van der Waals surface area contributed by atoms with Crippen LogP contribution in [0, 0.1) is 12.8 Å². The Morgan fingerprint density at radius 3 is 2.89 bits per heavy atom. The number of likely N-dealkylation sites (tertiary alicyclic amines) is 1.